The standard InChI is InChI=1S/C25H32N4O7S/c1-13-20-19(14(2)30)24(32)28(20)21(25(33)36-12-15-6-8-16(9-7-15)29(34)35)22(13)37-17-10-18(27(5)11-17)23(31)26(3)4/h6-9,13-14,17-20,30H,10-12H2,1-5H3/t13-,14?,17?,18?,19+,20+/m0/s1. The van der Waals surface area contributed by atoms with E-state index in [0.717, 1.165) is 4.91 Å². The number of ether oxygens (including phenoxy) is 1. The van der Waals surface area contributed by atoms with E-state index in [1.807, 2.05) is 18.9 Å². The molecular weight excluding hydrogens is 500 g/mol. The van der Waals surface area contributed by atoms with Gasteiger partial charge in [-0.3, -0.25) is 24.6 Å². The third-order valence-corrected chi connectivity index (χ3v) is 8.84. The van der Waals surface area contributed by atoms with Crippen LogP contribution in [0.25, 0.3) is 0 Å². The predicted octanol–water partition coefficient (Wildman–Crippen LogP) is 1.60. The van der Waals surface area contributed by atoms with Crippen LogP contribution >= 0.6 is 11.8 Å². The van der Waals surface area contributed by atoms with Gasteiger partial charge in [0.1, 0.15) is 12.3 Å². The van der Waals surface area contributed by atoms with E-state index in [2.05, 4.69) is 0 Å². The van der Waals surface area contributed by atoms with Crippen molar-refractivity contribution in [3.8, 4) is 0 Å². The molecular formula is C25H32N4O7S. The first-order valence-corrected chi connectivity index (χ1v) is 13.0. The summed E-state index contributed by atoms with van der Waals surface area (Å²) < 4.78 is 5.56. The van der Waals surface area contributed by atoms with Crippen molar-refractivity contribution in [3.63, 3.8) is 0 Å². The Morgan fingerprint density at radius 3 is 2.51 bits per heavy atom. The van der Waals surface area contributed by atoms with E-state index in [1.54, 1.807) is 25.9 Å². The highest BCUT2D eigenvalue weighted by molar-refractivity contribution is 8.03. The Bertz CT molecular complexity index is 1140. The van der Waals surface area contributed by atoms with Gasteiger partial charge >= 0.3 is 5.97 Å². The second kappa shape index (κ2) is 10.4. The van der Waals surface area contributed by atoms with Crippen molar-refractivity contribution in [3.05, 3.63) is 50.5 Å². The number of thioether (sulfide) groups is 1. The summed E-state index contributed by atoms with van der Waals surface area (Å²) in [5.74, 6) is -1.72. The van der Waals surface area contributed by atoms with E-state index >= 15 is 0 Å². The molecule has 0 bridgehead atoms. The van der Waals surface area contributed by atoms with Crippen LogP contribution in [0.2, 0.25) is 0 Å². The number of hydrogen-bond donors (Lipinski definition) is 1. The number of aliphatic hydroxyl groups excluding tert-OH is 1. The van der Waals surface area contributed by atoms with Crippen LogP contribution in [0.3, 0.4) is 0 Å². The van der Waals surface area contributed by atoms with Crippen LogP contribution in [0.15, 0.2) is 34.9 Å². The molecule has 2 amide bonds. The lowest BCUT2D eigenvalue weighted by Gasteiger charge is -2.46. The largest absolute Gasteiger partial charge is 0.456 e. The molecule has 1 N–H and O–H groups in total. The van der Waals surface area contributed by atoms with E-state index in [1.165, 1.54) is 40.9 Å². The quantitative estimate of drug-likeness (QED) is 0.229. The molecule has 2 saturated heterocycles. The van der Waals surface area contributed by atoms with Crippen molar-refractivity contribution in [2.24, 2.45) is 11.8 Å². The van der Waals surface area contributed by atoms with Gasteiger partial charge in [-0.15, -0.1) is 11.8 Å². The fourth-order valence-electron chi connectivity index (χ4n) is 5.40. The number of carbonyl (C=O) groups excluding carboxylic acids is 3. The van der Waals surface area contributed by atoms with Gasteiger partial charge in [0.25, 0.3) is 5.69 Å². The Balaban J connectivity index is 1.55. The second-order valence-electron chi connectivity index (χ2n) is 10.1. The van der Waals surface area contributed by atoms with Crippen LogP contribution < -0.4 is 0 Å². The molecule has 0 saturated carbocycles. The zero-order valence-corrected chi connectivity index (χ0v) is 22.3. The summed E-state index contributed by atoms with van der Waals surface area (Å²) in [6.07, 6.45) is -0.240. The fourth-order valence-corrected chi connectivity index (χ4v) is 7.00. The number of non-ortho nitro benzene ring substituents is 1. The SMILES string of the molecule is CC(O)[C@H]1C(=O)N2C(C(=O)OCc3ccc([N+](=O)[O-])cc3)=C(SC3CC(C(=O)N(C)C)N(C)C3)[C@@H](C)[C@H]12. The summed E-state index contributed by atoms with van der Waals surface area (Å²) in [5.41, 5.74) is 0.707. The van der Waals surface area contributed by atoms with Crippen LogP contribution in [-0.2, 0) is 25.7 Å². The summed E-state index contributed by atoms with van der Waals surface area (Å²) in [5, 5.41) is 21.1. The Kier molecular flexibility index (Phi) is 7.63. The van der Waals surface area contributed by atoms with Crippen molar-refractivity contribution in [1.82, 2.24) is 14.7 Å². The first kappa shape index (κ1) is 27.1. The maximum Gasteiger partial charge on any atom is 0.356 e. The number of fused-ring (bicyclic) bond motifs is 1. The number of likely N-dealkylation sites (N-methyl/N-ethyl adjacent to an activating group) is 2. The average Bonchev–Trinajstić information content (AvgIpc) is 3.32. The molecule has 4 rings (SSSR count). The maximum atomic E-state index is 13.3. The van der Waals surface area contributed by atoms with Gasteiger partial charge in [0.05, 0.1) is 29.0 Å². The predicted molar refractivity (Wildman–Crippen MR) is 136 cm³/mol. The Hall–Kier alpha value is -2.96. The minimum atomic E-state index is -0.849. The van der Waals surface area contributed by atoms with Gasteiger partial charge in [0, 0.05) is 48.8 Å². The molecule has 1 aromatic carbocycles. The van der Waals surface area contributed by atoms with Gasteiger partial charge in [-0.2, -0.15) is 0 Å². The van der Waals surface area contributed by atoms with Gasteiger partial charge in [0.2, 0.25) is 11.8 Å². The van der Waals surface area contributed by atoms with E-state index in [-0.39, 0.29) is 53.1 Å². The Labute approximate surface area is 219 Å². The van der Waals surface area contributed by atoms with Gasteiger partial charge in [-0.05, 0) is 38.1 Å². The first-order valence-electron chi connectivity index (χ1n) is 12.2. The molecule has 3 aliphatic rings. The molecule has 0 radical (unpaired) electrons. The van der Waals surface area contributed by atoms with Crippen molar-refractivity contribution in [2.45, 2.75) is 50.3 Å². The number of likely N-dealkylation sites (tertiary alicyclic amines) is 1. The minimum absolute atomic E-state index is 0.0231. The average molecular weight is 533 g/mol. The lowest BCUT2D eigenvalue weighted by Crippen LogP contribution is -2.63. The number of aliphatic hydroxyl groups is 1. The highest BCUT2D eigenvalue weighted by atomic mass is 32.2. The highest BCUT2D eigenvalue weighted by Crippen LogP contribution is 2.52. The normalized spacial score (nSPS) is 28.1. The van der Waals surface area contributed by atoms with Crippen LogP contribution in [-0.4, -0.2) is 93.6 Å². The molecule has 11 nitrogen and oxygen atoms in total. The molecule has 37 heavy (non-hydrogen) atoms. The third-order valence-electron chi connectivity index (χ3n) is 7.35. The fraction of sp³-hybridized carbons (Fsp3) is 0.560. The molecule has 12 heteroatoms. The molecule has 3 unspecified atom stereocenters. The number of nitro groups is 1. The number of nitro benzene ring substituents is 1. The van der Waals surface area contributed by atoms with Crippen molar-refractivity contribution >= 4 is 35.2 Å². The Morgan fingerprint density at radius 1 is 1.30 bits per heavy atom. The van der Waals surface area contributed by atoms with Crippen LogP contribution in [0, 0.1) is 22.0 Å². The zero-order valence-electron chi connectivity index (χ0n) is 21.5. The number of hydrogen-bond acceptors (Lipinski definition) is 9. The third kappa shape index (κ3) is 4.97. The molecule has 2 fully saturated rings. The van der Waals surface area contributed by atoms with Gasteiger partial charge in [0.15, 0.2) is 0 Å². The lowest BCUT2D eigenvalue weighted by molar-refractivity contribution is -0.384. The molecule has 0 aliphatic carbocycles. The number of amides is 2. The maximum absolute atomic E-state index is 13.3. The molecule has 1 aromatic rings. The van der Waals surface area contributed by atoms with E-state index in [4.69, 9.17) is 4.74 Å². The lowest BCUT2D eigenvalue weighted by atomic mass is 9.79. The van der Waals surface area contributed by atoms with Crippen LogP contribution in [0.1, 0.15) is 25.8 Å². The number of β-lactam (4-membered cyclic amide) rings is 1. The van der Waals surface area contributed by atoms with Crippen molar-refractivity contribution < 1.29 is 29.2 Å². The molecule has 3 heterocycles. The summed E-state index contributed by atoms with van der Waals surface area (Å²) in [4.78, 5) is 55.0. The number of carbonyl (C=O) groups is 3. The van der Waals surface area contributed by atoms with Crippen LogP contribution in [0.4, 0.5) is 5.69 Å². The van der Waals surface area contributed by atoms with Gasteiger partial charge < -0.3 is 19.6 Å². The second-order valence-corrected chi connectivity index (χ2v) is 11.5. The summed E-state index contributed by atoms with van der Waals surface area (Å²) in [6.45, 7) is 4.06. The molecule has 0 aromatic heterocycles. The summed E-state index contributed by atoms with van der Waals surface area (Å²) in [7, 11) is 5.35. The number of nitrogens with zero attached hydrogens (tertiary/aromatic N) is 4. The zero-order chi connectivity index (χ0) is 27.2. The monoisotopic (exact) mass is 532 g/mol. The first-order chi connectivity index (χ1) is 17.4. The molecule has 3 aliphatic heterocycles. The Morgan fingerprint density at radius 2 is 1.95 bits per heavy atom. The van der Waals surface area contributed by atoms with E-state index in [0.29, 0.717) is 18.5 Å². The van der Waals surface area contributed by atoms with E-state index in [9.17, 15) is 29.6 Å². The molecule has 0 spiro atoms. The summed E-state index contributed by atoms with van der Waals surface area (Å²) >= 11 is 1.50. The topological polar surface area (TPSA) is 134 Å². The number of rotatable bonds is 8. The molecule has 200 valence electrons. The van der Waals surface area contributed by atoms with E-state index < -0.39 is 22.9 Å². The highest BCUT2D eigenvalue weighted by Gasteiger charge is 2.60. The number of benzene rings is 1. The summed E-state index contributed by atoms with van der Waals surface area (Å²) in [6, 6.07) is 5.12. The minimum Gasteiger partial charge on any atom is -0.456 e. The van der Waals surface area contributed by atoms with Gasteiger partial charge in [-0.1, -0.05) is 6.92 Å². The van der Waals surface area contributed by atoms with Crippen LogP contribution in [0.5, 0.6) is 0 Å². The van der Waals surface area contributed by atoms with Gasteiger partial charge in [-0.25, -0.2) is 4.79 Å². The smallest absolute Gasteiger partial charge is 0.356 e. The molecule has 6 atom stereocenters. The number of esters is 1. The van der Waals surface area contributed by atoms with Crippen molar-refractivity contribution in [2.75, 3.05) is 27.7 Å². The van der Waals surface area contributed by atoms with Crippen molar-refractivity contribution in [1.29, 1.82) is 0 Å².